The van der Waals surface area contributed by atoms with Gasteiger partial charge in [0.25, 0.3) is 0 Å². The highest BCUT2D eigenvalue weighted by molar-refractivity contribution is 7.89. The fraction of sp³-hybridized carbons (Fsp3) is 0.571. The molecule has 19 heavy (non-hydrogen) atoms. The average Bonchev–Trinajstić information content (AvgIpc) is 2.41. The van der Waals surface area contributed by atoms with Gasteiger partial charge in [-0.1, -0.05) is 32.0 Å². The maximum absolute atomic E-state index is 12.6. The summed E-state index contributed by atoms with van der Waals surface area (Å²) in [7, 11) is -3.49. The molecule has 0 aromatic heterocycles. The smallest absolute Gasteiger partial charge is 0.243 e. The maximum atomic E-state index is 12.6. The Kier molecular flexibility index (Phi) is 4.28. The van der Waals surface area contributed by atoms with Crippen LogP contribution >= 0.6 is 0 Å². The van der Waals surface area contributed by atoms with Gasteiger partial charge in [-0.05, 0) is 29.9 Å². The van der Waals surface area contributed by atoms with Gasteiger partial charge in [-0.3, -0.25) is 0 Å². The highest BCUT2D eigenvalue weighted by atomic mass is 32.2. The first-order valence-electron chi connectivity index (χ1n) is 6.65. The molecule has 106 valence electrons. The molecule has 1 aliphatic heterocycles. The summed E-state index contributed by atoms with van der Waals surface area (Å²) in [5, 5.41) is 9.29. The molecular formula is C14H21NO3S. The second-order valence-corrected chi connectivity index (χ2v) is 7.28. The van der Waals surface area contributed by atoms with E-state index in [-0.39, 0.29) is 11.5 Å². The van der Waals surface area contributed by atoms with Gasteiger partial charge in [0, 0.05) is 13.1 Å². The van der Waals surface area contributed by atoms with Crippen molar-refractivity contribution >= 4 is 10.0 Å². The molecule has 1 heterocycles. The van der Waals surface area contributed by atoms with E-state index in [1.165, 1.54) is 0 Å². The largest absolute Gasteiger partial charge is 0.392 e. The Morgan fingerprint density at radius 3 is 2.58 bits per heavy atom. The van der Waals surface area contributed by atoms with Crippen molar-refractivity contribution in [3.8, 4) is 0 Å². The van der Waals surface area contributed by atoms with E-state index >= 15 is 0 Å². The summed E-state index contributed by atoms with van der Waals surface area (Å²) < 4.78 is 26.8. The molecule has 4 nitrogen and oxygen atoms in total. The van der Waals surface area contributed by atoms with Gasteiger partial charge in [0.15, 0.2) is 0 Å². The standard InChI is InChI=1S/C14H21NO3S/c1-11-7-8-15(9-12(11)2)19(17,18)14-6-4-3-5-13(14)10-16/h3-6,11-12,16H,7-10H2,1-2H3. The van der Waals surface area contributed by atoms with E-state index in [0.29, 0.717) is 30.5 Å². The first-order valence-corrected chi connectivity index (χ1v) is 8.09. The molecule has 0 spiro atoms. The van der Waals surface area contributed by atoms with E-state index < -0.39 is 10.0 Å². The van der Waals surface area contributed by atoms with Crippen LogP contribution in [-0.4, -0.2) is 30.9 Å². The van der Waals surface area contributed by atoms with Gasteiger partial charge in [0.05, 0.1) is 11.5 Å². The molecule has 2 unspecified atom stereocenters. The van der Waals surface area contributed by atoms with E-state index in [2.05, 4.69) is 13.8 Å². The normalized spacial score (nSPS) is 25.4. The molecule has 2 atom stereocenters. The van der Waals surface area contributed by atoms with Crippen LogP contribution in [0.3, 0.4) is 0 Å². The highest BCUT2D eigenvalue weighted by Crippen LogP contribution is 2.28. The second kappa shape index (κ2) is 5.61. The number of aliphatic hydroxyl groups is 1. The molecule has 1 aliphatic rings. The molecule has 0 aliphatic carbocycles. The van der Waals surface area contributed by atoms with E-state index in [0.717, 1.165) is 6.42 Å². The SMILES string of the molecule is CC1CCN(S(=O)(=O)c2ccccc2CO)CC1C. The van der Waals surface area contributed by atoms with Gasteiger partial charge < -0.3 is 5.11 Å². The van der Waals surface area contributed by atoms with Crippen LogP contribution in [0.2, 0.25) is 0 Å². The quantitative estimate of drug-likeness (QED) is 0.921. The summed E-state index contributed by atoms with van der Waals surface area (Å²) in [5.41, 5.74) is 0.466. The third-order valence-electron chi connectivity index (χ3n) is 4.06. The van der Waals surface area contributed by atoms with Crippen LogP contribution in [0, 0.1) is 11.8 Å². The van der Waals surface area contributed by atoms with Gasteiger partial charge in [-0.2, -0.15) is 4.31 Å². The molecule has 2 rings (SSSR count). The van der Waals surface area contributed by atoms with Crippen LogP contribution in [0.4, 0.5) is 0 Å². The Morgan fingerprint density at radius 1 is 1.26 bits per heavy atom. The molecule has 1 N–H and O–H groups in total. The summed E-state index contributed by atoms with van der Waals surface area (Å²) in [5.74, 6) is 0.921. The highest BCUT2D eigenvalue weighted by Gasteiger charge is 2.32. The van der Waals surface area contributed by atoms with Gasteiger partial charge in [0.2, 0.25) is 10.0 Å². The molecule has 5 heteroatoms. The summed E-state index contributed by atoms with van der Waals surface area (Å²) >= 11 is 0. The zero-order valence-electron chi connectivity index (χ0n) is 11.4. The van der Waals surface area contributed by atoms with Crippen molar-refractivity contribution in [2.24, 2.45) is 11.8 Å². The summed E-state index contributed by atoms with van der Waals surface area (Å²) in [6.45, 7) is 5.12. The number of hydrogen-bond acceptors (Lipinski definition) is 3. The van der Waals surface area contributed by atoms with Crippen LogP contribution in [-0.2, 0) is 16.6 Å². The lowest BCUT2D eigenvalue weighted by Gasteiger charge is -2.34. The van der Waals surface area contributed by atoms with Gasteiger partial charge in [0.1, 0.15) is 0 Å². The number of nitrogens with zero attached hydrogens (tertiary/aromatic N) is 1. The van der Waals surface area contributed by atoms with Crippen molar-refractivity contribution in [3.63, 3.8) is 0 Å². The van der Waals surface area contributed by atoms with Crippen LogP contribution < -0.4 is 0 Å². The monoisotopic (exact) mass is 283 g/mol. The molecule has 1 aromatic rings. The lowest BCUT2D eigenvalue weighted by atomic mass is 9.90. The Balaban J connectivity index is 2.32. The molecule has 0 amide bonds. The number of aliphatic hydroxyl groups excluding tert-OH is 1. The van der Waals surface area contributed by atoms with Gasteiger partial charge >= 0.3 is 0 Å². The van der Waals surface area contributed by atoms with Crippen molar-refractivity contribution in [1.82, 2.24) is 4.31 Å². The Morgan fingerprint density at radius 2 is 1.95 bits per heavy atom. The van der Waals surface area contributed by atoms with Crippen molar-refractivity contribution in [2.45, 2.75) is 31.8 Å². The topological polar surface area (TPSA) is 57.6 Å². The van der Waals surface area contributed by atoms with Gasteiger partial charge in [-0.15, -0.1) is 0 Å². The number of piperidine rings is 1. The van der Waals surface area contributed by atoms with E-state index in [9.17, 15) is 13.5 Å². The predicted molar refractivity (Wildman–Crippen MR) is 74.1 cm³/mol. The minimum Gasteiger partial charge on any atom is -0.392 e. The molecule has 0 bridgehead atoms. The number of hydrogen-bond donors (Lipinski definition) is 1. The molecule has 1 fully saturated rings. The molecule has 0 radical (unpaired) electrons. The lowest BCUT2D eigenvalue weighted by Crippen LogP contribution is -2.42. The number of sulfonamides is 1. The second-order valence-electron chi connectivity index (χ2n) is 5.37. The Labute approximate surface area is 115 Å². The zero-order valence-corrected chi connectivity index (χ0v) is 12.2. The summed E-state index contributed by atoms with van der Waals surface area (Å²) in [6, 6.07) is 6.67. The summed E-state index contributed by atoms with van der Waals surface area (Å²) in [6.07, 6.45) is 0.891. The van der Waals surface area contributed by atoms with E-state index in [1.807, 2.05) is 0 Å². The Hall–Kier alpha value is -0.910. The minimum absolute atomic E-state index is 0.235. The first kappa shape index (κ1) is 14.5. The molecular weight excluding hydrogens is 262 g/mol. The lowest BCUT2D eigenvalue weighted by molar-refractivity contribution is 0.212. The average molecular weight is 283 g/mol. The predicted octanol–water partition coefficient (Wildman–Crippen LogP) is 1.85. The number of benzene rings is 1. The van der Waals surface area contributed by atoms with Crippen molar-refractivity contribution in [1.29, 1.82) is 0 Å². The third kappa shape index (κ3) is 2.83. The van der Waals surface area contributed by atoms with Crippen LogP contribution in [0.5, 0.6) is 0 Å². The van der Waals surface area contributed by atoms with Crippen molar-refractivity contribution < 1.29 is 13.5 Å². The molecule has 1 saturated heterocycles. The Bertz CT molecular complexity index is 541. The van der Waals surface area contributed by atoms with Crippen LogP contribution in [0.15, 0.2) is 29.2 Å². The van der Waals surface area contributed by atoms with E-state index in [4.69, 9.17) is 0 Å². The maximum Gasteiger partial charge on any atom is 0.243 e. The zero-order chi connectivity index (χ0) is 14.0. The van der Waals surface area contributed by atoms with Crippen LogP contribution in [0.25, 0.3) is 0 Å². The van der Waals surface area contributed by atoms with Crippen molar-refractivity contribution in [3.05, 3.63) is 29.8 Å². The first-order chi connectivity index (χ1) is 8.96. The van der Waals surface area contributed by atoms with Crippen LogP contribution in [0.1, 0.15) is 25.8 Å². The van der Waals surface area contributed by atoms with Crippen molar-refractivity contribution in [2.75, 3.05) is 13.1 Å². The minimum atomic E-state index is -3.49. The summed E-state index contributed by atoms with van der Waals surface area (Å²) in [4.78, 5) is 0.235. The van der Waals surface area contributed by atoms with E-state index in [1.54, 1.807) is 28.6 Å². The number of rotatable bonds is 3. The van der Waals surface area contributed by atoms with Gasteiger partial charge in [-0.25, -0.2) is 8.42 Å². The fourth-order valence-corrected chi connectivity index (χ4v) is 4.24. The fourth-order valence-electron chi connectivity index (χ4n) is 2.47. The molecule has 0 saturated carbocycles. The molecule has 1 aromatic carbocycles. The third-order valence-corrected chi connectivity index (χ3v) is 6.02.